The van der Waals surface area contributed by atoms with Gasteiger partial charge in [-0.3, -0.25) is 4.79 Å². The maximum atomic E-state index is 12.0. The van der Waals surface area contributed by atoms with Gasteiger partial charge >= 0.3 is 0 Å². The van der Waals surface area contributed by atoms with Crippen molar-refractivity contribution in [2.24, 2.45) is 0 Å². The first-order chi connectivity index (χ1) is 8.08. The smallest absolute Gasteiger partial charge is 0.269 e. The van der Waals surface area contributed by atoms with E-state index in [2.05, 4.69) is 6.58 Å². The third kappa shape index (κ3) is 2.29. The highest BCUT2D eigenvalue weighted by atomic mass is 16.3. The molecule has 0 fully saturated rings. The molecule has 0 unspecified atom stereocenters. The predicted octanol–water partition coefficient (Wildman–Crippen LogP) is 1.06. The zero-order valence-corrected chi connectivity index (χ0v) is 10.2. The molecule has 1 heterocycles. The number of nitrogens with zero attached hydrogens (tertiary/aromatic N) is 2. The van der Waals surface area contributed by atoms with Crippen LogP contribution in [0.3, 0.4) is 0 Å². The Labute approximate surface area is 100 Å². The molecule has 90 valence electrons. The second kappa shape index (κ2) is 5.46. The van der Waals surface area contributed by atoms with E-state index in [9.17, 15) is 4.79 Å². The van der Waals surface area contributed by atoms with Gasteiger partial charge in [0.25, 0.3) is 5.56 Å². The van der Waals surface area contributed by atoms with Crippen LogP contribution in [-0.4, -0.2) is 16.3 Å². The molecule has 1 aromatic heterocycles. The first kappa shape index (κ1) is 13.2. The number of nitriles is 1. The Bertz CT molecular complexity index is 536. The molecule has 0 spiro atoms. The second-order valence-electron chi connectivity index (χ2n) is 3.85. The van der Waals surface area contributed by atoms with Gasteiger partial charge in [-0.15, -0.1) is 6.58 Å². The standard InChI is InChI=1S/C13H16N2O2/c1-4-5-11-9(2)12(8-14)13(17)15(6-7-16)10(11)3/h4,16H,1,5-7H2,2-3H3. The van der Waals surface area contributed by atoms with Crippen molar-refractivity contribution in [3.63, 3.8) is 0 Å². The number of aliphatic hydroxyl groups excluding tert-OH is 1. The molecule has 1 N–H and O–H groups in total. The van der Waals surface area contributed by atoms with Crippen molar-refractivity contribution in [2.75, 3.05) is 6.61 Å². The first-order valence-corrected chi connectivity index (χ1v) is 5.43. The number of hydrogen-bond donors (Lipinski definition) is 1. The Balaban J connectivity index is 3.64. The quantitative estimate of drug-likeness (QED) is 0.789. The lowest BCUT2D eigenvalue weighted by Crippen LogP contribution is -2.28. The van der Waals surface area contributed by atoms with Gasteiger partial charge in [0.1, 0.15) is 11.6 Å². The number of allylic oxidation sites excluding steroid dienone is 1. The van der Waals surface area contributed by atoms with Gasteiger partial charge in [-0.1, -0.05) is 6.08 Å². The minimum atomic E-state index is -0.329. The van der Waals surface area contributed by atoms with Crippen LogP contribution >= 0.6 is 0 Å². The fourth-order valence-electron chi connectivity index (χ4n) is 1.98. The Hall–Kier alpha value is -1.86. The summed E-state index contributed by atoms with van der Waals surface area (Å²) in [6, 6.07) is 1.94. The van der Waals surface area contributed by atoms with E-state index in [-0.39, 0.29) is 24.3 Å². The van der Waals surface area contributed by atoms with Crippen LogP contribution in [0.5, 0.6) is 0 Å². The molecule has 4 nitrogen and oxygen atoms in total. The van der Waals surface area contributed by atoms with Crippen molar-refractivity contribution in [3.8, 4) is 6.07 Å². The van der Waals surface area contributed by atoms with Gasteiger partial charge in [-0.05, 0) is 31.4 Å². The summed E-state index contributed by atoms with van der Waals surface area (Å²) in [4.78, 5) is 12.0. The Kier molecular flexibility index (Phi) is 4.24. The molecule has 0 aliphatic heterocycles. The summed E-state index contributed by atoms with van der Waals surface area (Å²) in [5.74, 6) is 0. The minimum Gasteiger partial charge on any atom is -0.395 e. The molecule has 17 heavy (non-hydrogen) atoms. The average Bonchev–Trinajstić information content (AvgIpc) is 2.31. The fourth-order valence-corrected chi connectivity index (χ4v) is 1.98. The summed E-state index contributed by atoms with van der Waals surface area (Å²) in [7, 11) is 0. The lowest BCUT2D eigenvalue weighted by atomic mass is 10.00. The average molecular weight is 232 g/mol. The normalized spacial score (nSPS) is 10.0. The fraction of sp³-hybridized carbons (Fsp3) is 0.385. The van der Waals surface area contributed by atoms with Crippen LogP contribution < -0.4 is 5.56 Å². The summed E-state index contributed by atoms with van der Waals surface area (Å²) in [5, 5.41) is 18.0. The van der Waals surface area contributed by atoms with E-state index < -0.39 is 0 Å². The van der Waals surface area contributed by atoms with E-state index in [1.165, 1.54) is 4.57 Å². The number of aliphatic hydroxyl groups is 1. The van der Waals surface area contributed by atoms with Crippen molar-refractivity contribution in [3.05, 3.63) is 45.4 Å². The lowest BCUT2D eigenvalue weighted by Gasteiger charge is -2.16. The van der Waals surface area contributed by atoms with Gasteiger partial charge in [-0.2, -0.15) is 5.26 Å². The van der Waals surface area contributed by atoms with Crippen molar-refractivity contribution >= 4 is 0 Å². The van der Waals surface area contributed by atoms with Gasteiger partial charge in [-0.25, -0.2) is 0 Å². The molecule has 1 rings (SSSR count). The summed E-state index contributed by atoms with van der Waals surface area (Å²) in [6.07, 6.45) is 2.35. The Morgan fingerprint density at radius 2 is 2.18 bits per heavy atom. The van der Waals surface area contributed by atoms with Crippen LogP contribution in [0.2, 0.25) is 0 Å². The summed E-state index contributed by atoms with van der Waals surface area (Å²) in [6.45, 7) is 7.36. The molecule has 0 aliphatic rings. The van der Waals surface area contributed by atoms with Crippen molar-refractivity contribution in [2.45, 2.75) is 26.8 Å². The molecule has 0 saturated heterocycles. The van der Waals surface area contributed by atoms with Gasteiger partial charge < -0.3 is 9.67 Å². The highest BCUT2D eigenvalue weighted by Crippen LogP contribution is 2.15. The SMILES string of the molecule is C=CCc1c(C)c(C#N)c(=O)n(CCO)c1C. The van der Waals surface area contributed by atoms with Crippen LogP contribution in [-0.2, 0) is 13.0 Å². The number of hydrogen-bond acceptors (Lipinski definition) is 3. The molecule has 0 bridgehead atoms. The van der Waals surface area contributed by atoms with E-state index in [1.54, 1.807) is 13.0 Å². The van der Waals surface area contributed by atoms with E-state index >= 15 is 0 Å². The van der Waals surface area contributed by atoms with E-state index in [1.807, 2.05) is 13.0 Å². The highest BCUT2D eigenvalue weighted by Gasteiger charge is 2.15. The first-order valence-electron chi connectivity index (χ1n) is 5.43. The number of pyridine rings is 1. The van der Waals surface area contributed by atoms with Gasteiger partial charge in [0.15, 0.2) is 0 Å². The van der Waals surface area contributed by atoms with E-state index in [0.717, 1.165) is 11.3 Å². The molecular formula is C13H16N2O2. The van der Waals surface area contributed by atoms with Crippen LogP contribution in [0, 0.1) is 25.2 Å². The minimum absolute atomic E-state index is 0.123. The van der Waals surface area contributed by atoms with Crippen molar-refractivity contribution in [1.29, 1.82) is 5.26 Å². The molecule has 0 amide bonds. The molecule has 0 saturated carbocycles. The molecular weight excluding hydrogens is 216 g/mol. The van der Waals surface area contributed by atoms with Gasteiger partial charge in [0.2, 0.25) is 0 Å². The maximum Gasteiger partial charge on any atom is 0.269 e. The molecule has 0 aromatic carbocycles. The number of aromatic nitrogens is 1. The topological polar surface area (TPSA) is 66.0 Å². The summed E-state index contributed by atoms with van der Waals surface area (Å²) >= 11 is 0. The van der Waals surface area contributed by atoms with Gasteiger partial charge in [0, 0.05) is 12.2 Å². The molecule has 0 aliphatic carbocycles. The monoisotopic (exact) mass is 232 g/mol. The van der Waals surface area contributed by atoms with Gasteiger partial charge in [0.05, 0.1) is 6.61 Å². The predicted molar refractivity (Wildman–Crippen MR) is 65.9 cm³/mol. The Morgan fingerprint density at radius 3 is 2.65 bits per heavy atom. The lowest BCUT2D eigenvalue weighted by molar-refractivity contribution is 0.272. The van der Waals surface area contributed by atoms with Crippen LogP contribution in [0.15, 0.2) is 17.4 Å². The second-order valence-corrected chi connectivity index (χ2v) is 3.85. The summed E-state index contributed by atoms with van der Waals surface area (Å²) in [5.41, 5.74) is 2.26. The van der Waals surface area contributed by atoms with Crippen molar-refractivity contribution < 1.29 is 5.11 Å². The highest BCUT2D eigenvalue weighted by molar-refractivity contribution is 5.43. The molecule has 0 radical (unpaired) electrons. The molecule has 1 aromatic rings. The zero-order chi connectivity index (χ0) is 13.0. The maximum absolute atomic E-state index is 12.0. The van der Waals surface area contributed by atoms with E-state index in [4.69, 9.17) is 10.4 Å². The van der Waals surface area contributed by atoms with Crippen LogP contribution in [0.4, 0.5) is 0 Å². The zero-order valence-electron chi connectivity index (χ0n) is 10.2. The third-order valence-corrected chi connectivity index (χ3v) is 2.91. The molecule has 0 atom stereocenters. The Morgan fingerprint density at radius 1 is 1.53 bits per heavy atom. The van der Waals surface area contributed by atoms with Crippen molar-refractivity contribution in [1.82, 2.24) is 4.57 Å². The van der Waals surface area contributed by atoms with E-state index in [0.29, 0.717) is 12.0 Å². The van der Waals surface area contributed by atoms with Crippen LogP contribution in [0.25, 0.3) is 0 Å². The number of rotatable bonds is 4. The molecule has 4 heteroatoms. The van der Waals surface area contributed by atoms with Crippen LogP contribution in [0.1, 0.15) is 22.4 Å². The summed E-state index contributed by atoms with van der Waals surface area (Å²) < 4.78 is 1.45. The largest absolute Gasteiger partial charge is 0.395 e. The third-order valence-electron chi connectivity index (χ3n) is 2.91.